The summed E-state index contributed by atoms with van der Waals surface area (Å²) in [6, 6.07) is 8.73. The maximum Gasteiger partial charge on any atom is 0.223 e. The molecule has 2 saturated heterocycles. The molecule has 2 heterocycles. The second kappa shape index (κ2) is 6.27. The first kappa shape index (κ1) is 14.7. The second-order valence-electron chi connectivity index (χ2n) is 6.10. The summed E-state index contributed by atoms with van der Waals surface area (Å²) in [6.45, 7) is 0. The first-order valence-electron chi connectivity index (χ1n) is 7.75. The minimum Gasteiger partial charge on any atom is -0.497 e. The Morgan fingerprint density at radius 2 is 1.86 bits per heavy atom. The number of methoxy groups -OCH3 is 1. The predicted octanol–water partition coefficient (Wildman–Crippen LogP) is 3.39. The summed E-state index contributed by atoms with van der Waals surface area (Å²) in [4.78, 5) is 14.6. The van der Waals surface area contributed by atoms with E-state index in [0.717, 1.165) is 37.9 Å². The van der Waals surface area contributed by atoms with Crippen LogP contribution in [-0.2, 0) is 11.2 Å². The number of carbonyl (C=O) groups excluding carboxylic acids is 1. The highest BCUT2D eigenvalue weighted by Gasteiger charge is 2.42. The predicted molar refractivity (Wildman–Crippen MR) is 83.8 cm³/mol. The molecule has 2 atom stereocenters. The summed E-state index contributed by atoms with van der Waals surface area (Å²) in [5.41, 5.74) is 1.18. The number of piperidine rings is 1. The average molecular weight is 308 g/mol. The molecule has 2 aliphatic heterocycles. The number of ether oxygens (including phenoxy) is 1. The van der Waals surface area contributed by atoms with Crippen LogP contribution in [0.3, 0.4) is 0 Å². The van der Waals surface area contributed by atoms with Gasteiger partial charge in [-0.3, -0.25) is 4.79 Å². The Labute approximate surface area is 131 Å². The standard InChI is InChI=1S/C17H22ClNO2/c1-21-16-7-2-12(3-8-16)4-9-17(20)19-14-5-6-15(19)11-13(18)10-14/h2-3,7-8,13-15H,4-6,9-11H2,1H3. The van der Waals surface area contributed by atoms with Crippen LogP contribution >= 0.6 is 11.6 Å². The van der Waals surface area contributed by atoms with Crippen LogP contribution in [0, 0.1) is 0 Å². The number of halogens is 1. The van der Waals surface area contributed by atoms with Crippen molar-refractivity contribution in [3.05, 3.63) is 29.8 Å². The number of fused-ring (bicyclic) bond motifs is 2. The van der Waals surface area contributed by atoms with Crippen LogP contribution in [-0.4, -0.2) is 35.4 Å². The minimum atomic E-state index is 0.258. The number of rotatable bonds is 4. The van der Waals surface area contributed by atoms with E-state index in [9.17, 15) is 4.79 Å². The van der Waals surface area contributed by atoms with Gasteiger partial charge >= 0.3 is 0 Å². The Kier molecular flexibility index (Phi) is 4.39. The van der Waals surface area contributed by atoms with E-state index in [2.05, 4.69) is 4.90 Å². The third-order valence-electron chi connectivity index (χ3n) is 4.75. The quantitative estimate of drug-likeness (QED) is 0.798. The number of alkyl halides is 1. The van der Waals surface area contributed by atoms with Crippen molar-refractivity contribution in [3.63, 3.8) is 0 Å². The number of carbonyl (C=O) groups is 1. The zero-order valence-corrected chi connectivity index (χ0v) is 13.2. The number of benzene rings is 1. The van der Waals surface area contributed by atoms with Crippen LogP contribution in [0.5, 0.6) is 5.75 Å². The molecule has 0 spiro atoms. The van der Waals surface area contributed by atoms with Crippen molar-refractivity contribution in [2.24, 2.45) is 0 Å². The zero-order valence-electron chi connectivity index (χ0n) is 12.4. The summed E-state index contributed by atoms with van der Waals surface area (Å²) < 4.78 is 5.15. The fraction of sp³-hybridized carbons (Fsp3) is 0.588. The van der Waals surface area contributed by atoms with E-state index in [-0.39, 0.29) is 5.38 Å². The van der Waals surface area contributed by atoms with E-state index in [1.165, 1.54) is 5.56 Å². The summed E-state index contributed by atoms with van der Waals surface area (Å²) in [7, 11) is 1.66. The van der Waals surface area contributed by atoms with Crippen molar-refractivity contribution >= 4 is 17.5 Å². The molecular formula is C17H22ClNO2. The molecule has 2 aliphatic rings. The molecule has 3 nitrogen and oxygen atoms in total. The fourth-order valence-electron chi connectivity index (χ4n) is 3.69. The molecule has 0 aromatic heterocycles. The smallest absolute Gasteiger partial charge is 0.223 e. The van der Waals surface area contributed by atoms with Gasteiger partial charge in [-0.2, -0.15) is 0 Å². The largest absolute Gasteiger partial charge is 0.497 e. The van der Waals surface area contributed by atoms with E-state index in [1.54, 1.807) is 7.11 Å². The van der Waals surface area contributed by atoms with Gasteiger partial charge in [0, 0.05) is 23.9 Å². The molecule has 1 amide bonds. The highest BCUT2D eigenvalue weighted by Crippen LogP contribution is 2.38. The van der Waals surface area contributed by atoms with Gasteiger partial charge in [0.05, 0.1) is 7.11 Å². The summed E-state index contributed by atoms with van der Waals surface area (Å²) in [5.74, 6) is 1.15. The number of amides is 1. The summed E-state index contributed by atoms with van der Waals surface area (Å²) in [6.07, 6.45) is 5.57. The van der Waals surface area contributed by atoms with E-state index in [4.69, 9.17) is 16.3 Å². The van der Waals surface area contributed by atoms with Gasteiger partial charge in [0.15, 0.2) is 0 Å². The molecule has 0 radical (unpaired) electrons. The number of hydrogen-bond acceptors (Lipinski definition) is 2. The minimum absolute atomic E-state index is 0.258. The fourth-order valence-corrected chi connectivity index (χ4v) is 4.10. The molecule has 4 heteroatoms. The van der Waals surface area contributed by atoms with Gasteiger partial charge in [-0.05, 0) is 49.8 Å². The average Bonchev–Trinajstić information content (AvgIpc) is 2.77. The number of nitrogens with zero attached hydrogens (tertiary/aromatic N) is 1. The SMILES string of the molecule is COc1ccc(CCC(=O)N2C3CCC2CC(Cl)C3)cc1. The van der Waals surface area contributed by atoms with Gasteiger partial charge in [0.1, 0.15) is 5.75 Å². The molecule has 1 aromatic rings. The zero-order chi connectivity index (χ0) is 14.8. The molecular weight excluding hydrogens is 286 g/mol. The van der Waals surface area contributed by atoms with E-state index < -0.39 is 0 Å². The lowest BCUT2D eigenvalue weighted by molar-refractivity contribution is -0.135. The molecule has 2 fully saturated rings. The van der Waals surface area contributed by atoms with Crippen LogP contribution in [0.1, 0.15) is 37.7 Å². The number of aryl methyl sites for hydroxylation is 1. The molecule has 21 heavy (non-hydrogen) atoms. The van der Waals surface area contributed by atoms with Gasteiger partial charge in [0.25, 0.3) is 0 Å². The van der Waals surface area contributed by atoms with Crippen LogP contribution in [0.15, 0.2) is 24.3 Å². The maximum absolute atomic E-state index is 12.5. The van der Waals surface area contributed by atoms with Crippen molar-refractivity contribution in [3.8, 4) is 5.75 Å². The van der Waals surface area contributed by atoms with Crippen molar-refractivity contribution in [1.82, 2.24) is 4.90 Å². The van der Waals surface area contributed by atoms with Crippen LogP contribution in [0.25, 0.3) is 0 Å². The van der Waals surface area contributed by atoms with Gasteiger partial charge < -0.3 is 9.64 Å². The second-order valence-corrected chi connectivity index (χ2v) is 6.72. The normalized spacial score (nSPS) is 27.7. The third kappa shape index (κ3) is 3.18. The van der Waals surface area contributed by atoms with Gasteiger partial charge in [-0.1, -0.05) is 12.1 Å². The lowest BCUT2D eigenvalue weighted by Gasteiger charge is -2.37. The first-order chi connectivity index (χ1) is 10.2. The van der Waals surface area contributed by atoms with E-state index in [1.807, 2.05) is 24.3 Å². The molecule has 0 saturated carbocycles. The van der Waals surface area contributed by atoms with Crippen LogP contribution < -0.4 is 4.74 Å². The number of hydrogen-bond donors (Lipinski definition) is 0. The Balaban J connectivity index is 1.57. The van der Waals surface area contributed by atoms with Crippen molar-refractivity contribution in [2.75, 3.05) is 7.11 Å². The Hall–Kier alpha value is -1.22. The van der Waals surface area contributed by atoms with Gasteiger partial charge in [-0.15, -0.1) is 11.6 Å². The molecule has 3 rings (SSSR count). The van der Waals surface area contributed by atoms with Crippen LogP contribution in [0.4, 0.5) is 0 Å². The maximum atomic E-state index is 12.5. The van der Waals surface area contributed by atoms with Crippen LogP contribution in [0.2, 0.25) is 0 Å². The third-order valence-corrected chi connectivity index (χ3v) is 5.11. The molecule has 2 unspecified atom stereocenters. The molecule has 0 N–H and O–H groups in total. The monoisotopic (exact) mass is 307 g/mol. The molecule has 1 aromatic carbocycles. The Morgan fingerprint density at radius 3 is 2.43 bits per heavy atom. The lowest BCUT2D eigenvalue weighted by atomic mass is 10.0. The summed E-state index contributed by atoms with van der Waals surface area (Å²) in [5, 5.41) is 0.258. The van der Waals surface area contributed by atoms with Crippen molar-refractivity contribution in [1.29, 1.82) is 0 Å². The lowest BCUT2D eigenvalue weighted by Crippen LogP contribution is -2.47. The molecule has 2 bridgehead atoms. The topological polar surface area (TPSA) is 29.5 Å². The first-order valence-corrected chi connectivity index (χ1v) is 8.19. The van der Waals surface area contributed by atoms with E-state index >= 15 is 0 Å². The summed E-state index contributed by atoms with van der Waals surface area (Å²) >= 11 is 6.27. The van der Waals surface area contributed by atoms with Crippen molar-refractivity contribution < 1.29 is 9.53 Å². The van der Waals surface area contributed by atoms with Crippen molar-refractivity contribution in [2.45, 2.75) is 56.0 Å². The molecule has 0 aliphatic carbocycles. The highest BCUT2D eigenvalue weighted by molar-refractivity contribution is 6.20. The van der Waals surface area contributed by atoms with E-state index in [0.29, 0.717) is 24.4 Å². The highest BCUT2D eigenvalue weighted by atomic mass is 35.5. The van der Waals surface area contributed by atoms with Gasteiger partial charge in [0.2, 0.25) is 5.91 Å². The molecule has 114 valence electrons. The Morgan fingerprint density at radius 1 is 1.24 bits per heavy atom. The van der Waals surface area contributed by atoms with Gasteiger partial charge in [-0.25, -0.2) is 0 Å². The Bertz CT molecular complexity index is 488.